The summed E-state index contributed by atoms with van der Waals surface area (Å²) in [4.78, 5) is 27.4. The Morgan fingerprint density at radius 2 is 1.81 bits per heavy atom. The lowest BCUT2D eigenvalue weighted by Gasteiger charge is -2.19. The minimum atomic E-state index is -0.419. The SMILES string of the molecule is CCN(CC)C(=O)c1cnn(-c2ccccc2)c1NC(=O)/C=C/c1ccc(Cl)cc1Cl. The van der Waals surface area contributed by atoms with Gasteiger partial charge in [-0.05, 0) is 49.8 Å². The molecule has 0 bridgehead atoms. The minimum Gasteiger partial charge on any atom is -0.339 e. The molecule has 160 valence electrons. The Balaban J connectivity index is 1.93. The number of carbonyl (C=O) groups is 2. The second kappa shape index (κ2) is 10.3. The molecule has 0 saturated carbocycles. The number of anilines is 1. The molecule has 1 aromatic heterocycles. The third kappa shape index (κ3) is 5.34. The van der Waals surface area contributed by atoms with Crippen molar-refractivity contribution in [3.8, 4) is 5.69 Å². The van der Waals surface area contributed by atoms with Gasteiger partial charge in [-0.3, -0.25) is 9.59 Å². The van der Waals surface area contributed by atoms with Gasteiger partial charge in [0.25, 0.3) is 5.91 Å². The molecule has 1 heterocycles. The van der Waals surface area contributed by atoms with Gasteiger partial charge < -0.3 is 10.2 Å². The molecule has 2 amide bonds. The summed E-state index contributed by atoms with van der Waals surface area (Å²) >= 11 is 12.1. The number of aromatic nitrogens is 2. The molecule has 0 unspecified atom stereocenters. The number of nitrogens with one attached hydrogen (secondary N) is 1. The van der Waals surface area contributed by atoms with E-state index in [0.717, 1.165) is 5.69 Å². The number of hydrogen-bond acceptors (Lipinski definition) is 3. The van der Waals surface area contributed by atoms with Crippen LogP contribution in [0.15, 0.2) is 60.8 Å². The lowest BCUT2D eigenvalue weighted by molar-refractivity contribution is -0.111. The highest BCUT2D eigenvalue weighted by Gasteiger charge is 2.23. The van der Waals surface area contributed by atoms with Gasteiger partial charge in [0.2, 0.25) is 5.91 Å². The van der Waals surface area contributed by atoms with Crippen molar-refractivity contribution in [2.75, 3.05) is 18.4 Å². The lowest BCUT2D eigenvalue weighted by Crippen LogP contribution is -2.31. The number of rotatable bonds is 7. The molecule has 0 fully saturated rings. The lowest BCUT2D eigenvalue weighted by atomic mass is 10.2. The van der Waals surface area contributed by atoms with Crippen molar-refractivity contribution in [1.29, 1.82) is 0 Å². The standard InChI is InChI=1S/C23H22Cl2N4O2/c1-3-28(4-2)23(31)19-15-26-29(18-8-6-5-7-9-18)22(19)27-21(30)13-11-16-10-12-17(24)14-20(16)25/h5-15H,3-4H2,1-2H3,(H,27,30)/b13-11+. The molecule has 6 nitrogen and oxygen atoms in total. The van der Waals surface area contributed by atoms with Gasteiger partial charge in [0, 0.05) is 29.2 Å². The van der Waals surface area contributed by atoms with Gasteiger partial charge in [-0.25, -0.2) is 4.68 Å². The van der Waals surface area contributed by atoms with E-state index in [9.17, 15) is 9.59 Å². The van der Waals surface area contributed by atoms with Crippen LogP contribution in [0, 0.1) is 0 Å². The van der Waals surface area contributed by atoms with Crippen LogP contribution in [0.25, 0.3) is 11.8 Å². The fourth-order valence-electron chi connectivity index (χ4n) is 3.03. The smallest absolute Gasteiger partial charge is 0.259 e. The van der Waals surface area contributed by atoms with Crippen molar-refractivity contribution in [3.63, 3.8) is 0 Å². The van der Waals surface area contributed by atoms with Crippen molar-refractivity contribution < 1.29 is 9.59 Å². The largest absolute Gasteiger partial charge is 0.339 e. The van der Waals surface area contributed by atoms with Crippen LogP contribution in [-0.4, -0.2) is 39.6 Å². The Kier molecular flexibility index (Phi) is 7.50. The summed E-state index contributed by atoms with van der Waals surface area (Å²) in [6.45, 7) is 4.90. The molecular formula is C23H22Cl2N4O2. The van der Waals surface area contributed by atoms with E-state index >= 15 is 0 Å². The molecule has 0 spiro atoms. The number of halogens is 2. The predicted molar refractivity (Wildman–Crippen MR) is 125 cm³/mol. The highest BCUT2D eigenvalue weighted by Crippen LogP contribution is 2.24. The minimum absolute atomic E-state index is 0.202. The summed E-state index contributed by atoms with van der Waals surface area (Å²) in [6.07, 6.45) is 4.41. The first-order chi connectivity index (χ1) is 14.9. The van der Waals surface area contributed by atoms with Crippen molar-refractivity contribution >= 4 is 46.9 Å². The molecule has 0 aliphatic rings. The van der Waals surface area contributed by atoms with Crippen LogP contribution in [0.3, 0.4) is 0 Å². The summed E-state index contributed by atoms with van der Waals surface area (Å²) in [7, 11) is 0. The zero-order chi connectivity index (χ0) is 22.4. The van der Waals surface area contributed by atoms with Gasteiger partial charge in [0.1, 0.15) is 11.4 Å². The van der Waals surface area contributed by atoms with E-state index in [1.165, 1.54) is 17.0 Å². The summed E-state index contributed by atoms with van der Waals surface area (Å²) < 4.78 is 1.54. The third-order valence-electron chi connectivity index (χ3n) is 4.67. The Morgan fingerprint density at radius 3 is 2.45 bits per heavy atom. The van der Waals surface area contributed by atoms with Gasteiger partial charge in [0.05, 0.1) is 11.9 Å². The second-order valence-electron chi connectivity index (χ2n) is 6.62. The Hall–Kier alpha value is -3.09. The van der Waals surface area contributed by atoms with Crippen molar-refractivity contribution in [1.82, 2.24) is 14.7 Å². The highest BCUT2D eigenvalue weighted by molar-refractivity contribution is 6.35. The van der Waals surface area contributed by atoms with Crippen molar-refractivity contribution in [3.05, 3.63) is 82.0 Å². The molecule has 0 aliphatic heterocycles. The van der Waals surface area contributed by atoms with Crippen molar-refractivity contribution in [2.45, 2.75) is 13.8 Å². The third-order valence-corrected chi connectivity index (χ3v) is 5.23. The predicted octanol–water partition coefficient (Wildman–Crippen LogP) is 5.31. The number of para-hydroxylation sites is 1. The van der Waals surface area contributed by atoms with Gasteiger partial charge in [-0.1, -0.05) is 47.5 Å². The number of nitrogens with zero attached hydrogens (tertiary/aromatic N) is 3. The first kappa shape index (κ1) is 22.6. The monoisotopic (exact) mass is 456 g/mol. The average Bonchev–Trinajstić information content (AvgIpc) is 3.18. The maximum Gasteiger partial charge on any atom is 0.259 e. The van der Waals surface area contributed by atoms with Crippen LogP contribution in [-0.2, 0) is 4.79 Å². The molecule has 0 aliphatic carbocycles. The zero-order valence-corrected chi connectivity index (χ0v) is 18.7. The van der Waals surface area contributed by atoms with Gasteiger partial charge >= 0.3 is 0 Å². The Labute approximate surface area is 191 Å². The summed E-state index contributed by atoms with van der Waals surface area (Å²) in [5.74, 6) is -0.315. The maximum absolute atomic E-state index is 13.0. The first-order valence-corrected chi connectivity index (χ1v) is 10.6. The Morgan fingerprint density at radius 1 is 1.10 bits per heavy atom. The van der Waals surface area contributed by atoms with Crippen LogP contribution < -0.4 is 5.32 Å². The van der Waals surface area contributed by atoms with Crippen molar-refractivity contribution in [2.24, 2.45) is 0 Å². The summed E-state index contributed by atoms with van der Waals surface area (Å²) in [6, 6.07) is 14.3. The molecule has 0 saturated heterocycles. The number of benzene rings is 2. The van der Waals surface area contributed by atoms with Crippen LogP contribution in [0.5, 0.6) is 0 Å². The molecule has 0 radical (unpaired) electrons. The average molecular weight is 457 g/mol. The molecule has 1 N–H and O–H groups in total. The summed E-state index contributed by atoms with van der Waals surface area (Å²) in [5.41, 5.74) is 1.69. The van der Waals surface area contributed by atoms with E-state index in [1.807, 2.05) is 44.2 Å². The second-order valence-corrected chi connectivity index (χ2v) is 7.46. The molecule has 8 heteroatoms. The van der Waals surface area contributed by atoms with Crippen LogP contribution in [0.2, 0.25) is 10.0 Å². The van der Waals surface area contributed by atoms with E-state index in [4.69, 9.17) is 23.2 Å². The quantitative estimate of drug-likeness (QED) is 0.489. The zero-order valence-electron chi connectivity index (χ0n) is 17.2. The Bertz CT molecular complexity index is 1110. The van der Waals surface area contributed by atoms with Crippen LogP contribution >= 0.6 is 23.2 Å². The molecule has 3 rings (SSSR count). The number of hydrogen-bond donors (Lipinski definition) is 1. The molecular weight excluding hydrogens is 435 g/mol. The normalized spacial score (nSPS) is 11.0. The molecule has 3 aromatic rings. The summed E-state index contributed by atoms with van der Waals surface area (Å²) in [5, 5.41) is 8.09. The molecule has 2 aromatic carbocycles. The fourth-order valence-corrected chi connectivity index (χ4v) is 3.50. The van der Waals surface area contributed by atoms with E-state index in [0.29, 0.717) is 40.1 Å². The van der Waals surface area contributed by atoms with E-state index < -0.39 is 5.91 Å². The van der Waals surface area contributed by atoms with Gasteiger partial charge in [-0.15, -0.1) is 0 Å². The first-order valence-electron chi connectivity index (χ1n) is 9.81. The fraction of sp³-hybridized carbons (Fsp3) is 0.174. The van der Waals surface area contributed by atoms with Crippen LogP contribution in [0.4, 0.5) is 5.82 Å². The van der Waals surface area contributed by atoms with E-state index in [1.54, 1.807) is 29.2 Å². The van der Waals surface area contributed by atoms with Gasteiger partial charge in [0.15, 0.2) is 0 Å². The van der Waals surface area contributed by atoms with Crippen LogP contribution in [0.1, 0.15) is 29.8 Å². The maximum atomic E-state index is 13.0. The van der Waals surface area contributed by atoms with Gasteiger partial charge in [-0.2, -0.15) is 5.10 Å². The number of amides is 2. The number of carbonyl (C=O) groups excluding carboxylic acids is 2. The highest BCUT2D eigenvalue weighted by atomic mass is 35.5. The topological polar surface area (TPSA) is 67.2 Å². The molecule has 31 heavy (non-hydrogen) atoms. The van der Waals surface area contributed by atoms with E-state index in [2.05, 4.69) is 10.4 Å². The van der Waals surface area contributed by atoms with E-state index in [-0.39, 0.29) is 5.91 Å². The molecule has 0 atom stereocenters.